The molecule has 0 saturated carbocycles. The largest absolute Gasteiger partial charge is 0.459 e. The minimum absolute atomic E-state index is 0.0217. The Labute approximate surface area is 115 Å². The van der Waals surface area contributed by atoms with Crippen molar-refractivity contribution in [3.63, 3.8) is 0 Å². The van der Waals surface area contributed by atoms with Crippen LogP contribution in [0.25, 0.3) is 0 Å². The van der Waals surface area contributed by atoms with E-state index in [4.69, 9.17) is 15.2 Å². The zero-order valence-electron chi connectivity index (χ0n) is 10.2. The van der Waals surface area contributed by atoms with Crippen molar-refractivity contribution in [2.75, 3.05) is 12.3 Å². The van der Waals surface area contributed by atoms with Crippen LogP contribution in [0, 0.1) is 0 Å². The van der Waals surface area contributed by atoms with Crippen LogP contribution in [-0.2, 0) is 9.47 Å². The molecule has 2 N–H and O–H groups in total. The highest BCUT2D eigenvalue weighted by Gasteiger charge is 2.23. The summed E-state index contributed by atoms with van der Waals surface area (Å²) in [4.78, 5) is 11.8. The van der Waals surface area contributed by atoms with Gasteiger partial charge in [0.15, 0.2) is 0 Å². The summed E-state index contributed by atoms with van der Waals surface area (Å²) < 4.78 is 11.6. The summed E-state index contributed by atoms with van der Waals surface area (Å²) in [5.74, 6) is -0.369. The number of hydrogen-bond acceptors (Lipinski definition) is 4. The predicted molar refractivity (Wildman–Crippen MR) is 72.4 cm³/mol. The molecule has 2 unspecified atom stereocenters. The predicted octanol–water partition coefficient (Wildman–Crippen LogP) is 2.76. The van der Waals surface area contributed by atoms with Crippen LogP contribution >= 0.6 is 15.9 Å². The number of halogens is 1. The van der Waals surface area contributed by atoms with E-state index >= 15 is 0 Å². The number of carbonyl (C=O) groups excluding carboxylic acids is 1. The van der Waals surface area contributed by atoms with Gasteiger partial charge in [0.05, 0.1) is 17.8 Å². The Balaban J connectivity index is 1.91. The van der Waals surface area contributed by atoms with Gasteiger partial charge < -0.3 is 15.2 Å². The number of rotatable bonds is 3. The number of hydrogen-bond donors (Lipinski definition) is 1. The van der Waals surface area contributed by atoms with Crippen LogP contribution in [-0.4, -0.2) is 24.8 Å². The monoisotopic (exact) mass is 313 g/mol. The van der Waals surface area contributed by atoms with Gasteiger partial charge in [-0.3, -0.25) is 0 Å². The summed E-state index contributed by atoms with van der Waals surface area (Å²) in [6.07, 6.45) is 2.24. The fraction of sp³-hybridized carbons (Fsp3) is 0.462. The zero-order chi connectivity index (χ0) is 13.1. The van der Waals surface area contributed by atoms with Crippen LogP contribution in [0.2, 0.25) is 0 Å². The van der Waals surface area contributed by atoms with E-state index in [9.17, 15) is 4.79 Å². The average Bonchev–Trinajstić information content (AvgIpc) is 2.70. The number of nitrogens with two attached hydrogens (primary N) is 1. The average molecular weight is 314 g/mol. The molecule has 2 rings (SSSR count). The summed E-state index contributed by atoms with van der Waals surface area (Å²) >= 11 is 3.29. The third kappa shape index (κ3) is 3.46. The van der Waals surface area contributed by atoms with Gasteiger partial charge in [0.1, 0.15) is 6.61 Å². The highest BCUT2D eigenvalue weighted by atomic mass is 79.9. The van der Waals surface area contributed by atoms with Gasteiger partial charge in [0.2, 0.25) is 0 Å². The van der Waals surface area contributed by atoms with E-state index < -0.39 is 0 Å². The molecule has 2 atom stereocenters. The summed E-state index contributed by atoms with van der Waals surface area (Å²) in [5, 5.41) is 0. The minimum atomic E-state index is -0.369. The minimum Gasteiger partial charge on any atom is -0.459 e. The van der Waals surface area contributed by atoms with Gasteiger partial charge >= 0.3 is 5.97 Å². The molecule has 0 spiro atoms. The molecule has 1 aromatic carbocycles. The third-order valence-corrected chi connectivity index (χ3v) is 3.33. The van der Waals surface area contributed by atoms with Crippen molar-refractivity contribution in [1.29, 1.82) is 0 Å². The van der Waals surface area contributed by atoms with E-state index in [1.807, 2.05) is 6.92 Å². The first-order valence-electron chi connectivity index (χ1n) is 5.93. The maximum atomic E-state index is 11.8. The van der Waals surface area contributed by atoms with Crippen molar-refractivity contribution >= 4 is 27.6 Å². The molecule has 4 nitrogen and oxygen atoms in total. The smallest absolute Gasteiger partial charge is 0.338 e. The Kier molecular flexibility index (Phi) is 4.24. The second kappa shape index (κ2) is 5.71. The molecule has 1 aromatic rings. The fourth-order valence-electron chi connectivity index (χ4n) is 1.99. The molecule has 1 heterocycles. The second-order valence-corrected chi connectivity index (χ2v) is 5.43. The number of anilines is 1. The molecule has 5 heteroatoms. The van der Waals surface area contributed by atoms with Gasteiger partial charge in [0, 0.05) is 10.2 Å². The SMILES string of the molecule is CC1CCC(COC(=O)c2cc(N)cc(Br)c2)O1. The first-order valence-corrected chi connectivity index (χ1v) is 6.72. The van der Waals surface area contributed by atoms with Crippen molar-refractivity contribution in [2.45, 2.75) is 32.0 Å². The molecule has 0 aromatic heterocycles. The van der Waals surface area contributed by atoms with Crippen molar-refractivity contribution in [3.05, 3.63) is 28.2 Å². The summed E-state index contributed by atoms with van der Waals surface area (Å²) in [7, 11) is 0. The van der Waals surface area contributed by atoms with E-state index in [2.05, 4.69) is 15.9 Å². The van der Waals surface area contributed by atoms with Gasteiger partial charge in [-0.15, -0.1) is 0 Å². The lowest BCUT2D eigenvalue weighted by molar-refractivity contribution is -0.00265. The molecular weight excluding hydrogens is 298 g/mol. The van der Waals surface area contributed by atoms with E-state index in [0.717, 1.165) is 17.3 Å². The third-order valence-electron chi connectivity index (χ3n) is 2.88. The molecule has 0 amide bonds. The molecule has 0 radical (unpaired) electrons. The van der Waals surface area contributed by atoms with Crippen LogP contribution < -0.4 is 5.73 Å². The molecule has 0 bridgehead atoms. The molecule has 18 heavy (non-hydrogen) atoms. The van der Waals surface area contributed by atoms with Gasteiger partial charge in [-0.1, -0.05) is 15.9 Å². The van der Waals surface area contributed by atoms with Crippen molar-refractivity contribution in [3.8, 4) is 0 Å². The first kappa shape index (κ1) is 13.4. The fourth-order valence-corrected chi connectivity index (χ4v) is 2.50. The Hall–Kier alpha value is -1.07. The molecule has 1 aliphatic heterocycles. The van der Waals surface area contributed by atoms with Crippen LogP contribution in [0.4, 0.5) is 5.69 Å². The van der Waals surface area contributed by atoms with E-state index in [-0.39, 0.29) is 18.2 Å². The van der Waals surface area contributed by atoms with Gasteiger partial charge in [0.25, 0.3) is 0 Å². The van der Waals surface area contributed by atoms with Crippen molar-refractivity contribution in [1.82, 2.24) is 0 Å². The summed E-state index contributed by atoms with van der Waals surface area (Å²) in [6, 6.07) is 5.03. The highest BCUT2D eigenvalue weighted by molar-refractivity contribution is 9.10. The second-order valence-electron chi connectivity index (χ2n) is 4.52. The summed E-state index contributed by atoms with van der Waals surface area (Å²) in [5.41, 5.74) is 6.65. The molecular formula is C13H16BrNO3. The summed E-state index contributed by atoms with van der Waals surface area (Å²) in [6.45, 7) is 2.33. The van der Waals surface area contributed by atoms with Crippen LogP contribution in [0.3, 0.4) is 0 Å². The number of benzene rings is 1. The normalized spacial score (nSPS) is 23.0. The number of carbonyl (C=O) groups is 1. The topological polar surface area (TPSA) is 61.5 Å². The van der Waals surface area contributed by atoms with E-state index in [0.29, 0.717) is 17.9 Å². The molecule has 1 aliphatic rings. The van der Waals surface area contributed by atoms with E-state index in [1.165, 1.54) is 0 Å². The Morgan fingerprint density at radius 3 is 2.89 bits per heavy atom. The zero-order valence-corrected chi connectivity index (χ0v) is 11.8. The lowest BCUT2D eigenvalue weighted by Gasteiger charge is -2.12. The maximum Gasteiger partial charge on any atom is 0.338 e. The molecule has 1 fully saturated rings. The standard InChI is InChI=1S/C13H16BrNO3/c1-8-2-3-12(18-8)7-17-13(16)9-4-10(14)6-11(15)5-9/h4-6,8,12H,2-3,7,15H2,1H3. The van der Waals surface area contributed by atoms with Gasteiger partial charge in [-0.25, -0.2) is 4.79 Å². The maximum absolute atomic E-state index is 11.8. The molecule has 98 valence electrons. The van der Waals surface area contributed by atoms with Gasteiger partial charge in [-0.05, 0) is 38.0 Å². The van der Waals surface area contributed by atoms with Crippen molar-refractivity contribution < 1.29 is 14.3 Å². The lowest BCUT2D eigenvalue weighted by atomic mass is 10.2. The molecule has 0 aliphatic carbocycles. The quantitative estimate of drug-likeness (QED) is 0.688. The van der Waals surface area contributed by atoms with Crippen LogP contribution in [0.15, 0.2) is 22.7 Å². The van der Waals surface area contributed by atoms with Gasteiger partial charge in [-0.2, -0.15) is 0 Å². The Bertz CT molecular complexity index is 430. The number of esters is 1. The lowest BCUT2D eigenvalue weighted by Crippen LogP contribution is -2.19. The van der Waals surface area contributed by atoms with Crippen LogP contribution in [0.5, 0.6) is 0 Å². The number of nitrogen functional groups attached to an aromatic ring is 1. The van der Waals surface area contributed by atoms with Crippen molar-refractivity contribution in [2.24, 2.45) is 0 Å². The number of ether oxygens (including phenoxy) is 2. The van der Waals surface area contributed by atoms with E-state index in [1.54, 1.807) is 18.2 Å². The van der Waals surface area contributed by atoms with Crippen LogP contribution in [0.1, 0.15) is 30.1 Å². The Morgan fingerprint density at radius 2 is 2.28 bits per heavy atom. The highest BCUT2D eigenvalue weighted by Crippen LogP contribution is 2.21. The Morgan fingerprint density at radius 1 is 1.50 bits per heavy atom. The first-order chi connectivity index (χ1) is 8.54. The molecule has 1 saturated heterocycles.